The average molecular weight is 277 g/mol. The van der Waals surface area contributed by atoms with Gasteiger partial charge in [0.25, 0.3) is 5.91 Å². The van der Waals surface area contributed by atoms with Gasteiger partial charge in [-0.2, -0.15) is 0 Å². The maximum absolute atomic E-state index is 12.0. The van der Waals surface area contributed by atoms with Crippen LogP contribution < -0.4 is 5.32 Å². The Hall–Kier alpha value is -1.84. The standard InChI is InChI=1S/C16H23NO3/c1-6-16(4,5)17-14(18)10-20-15(19)13-9-11(2)7-8-12(13)3/h7-9H,6,10H2,1-5H3,(H,17,18). The maximum Gasteiger partial charge on any atom is 0.338 e. The Bertz CT molecular complexity index is 506. The van der Waals surface area contributed by atoms with E-state index in [-0.39, 0.29) is 18.1 Å². The van der Waals surface area contributed by atoms with E-state index in [0.717, 1.165) is 17.5 Å². The summed E-state index contributed by atoms with van der Waals surface area (Å²) in [5, 5.41) is 2.82. The molecule has 0 radical (unpaired) electrons. The van der Waals surface area contributed by atoms with E-state index in [0.29, 0.717) is 5.56 Å². The number of benzene rings is 1. The van der Waals surface area contributed by atoms with Crippen LogP contribution in [0.5, 0.6) is 0 Å². The van der Waals surface area contributed by atoms with E-state index in [4.69, 9.17) is 4.74 Å². The topological polar surface area (TPSA) is 55.4 Å². The predicted octanol–water partition coefficient (Wildman–Crippen LogP) is 2.77. The number of aryl methyl sites for hydroxylation is 2. The van der Waals surface area contributed by atoms with Gasteiger partial charge in [0.05, 0.1) is 5.56 Å². The molecule has 0 saturated heterocycles. The number of carbonyl (C=O) groups excluding carboxylic acids is 2. The molecule has 0 atom stereocenters. The molecular weight excluding hydrogens is 254 g/mol. The van der Waals surface area contributed by atoms with Crippen molar-refractivity contribution in [3.63, 3.8) is 0 Å². The number of carbonyl (C=O) groups is 2. The summed E-state index contributed by atoms with van der Waals surface area (Å²) in [4.78, 5) is 23.7. The van der Waals surface area contributed by atoms with Crippen LogP contribution in [0.1, 0.15) is 48.7 Å². The molecule has 1 aromatic carbocycles. The summed E-state index contributed by atoms with van der Waals surface area (Å²) in [7, 11) is 0. The van der Waals surface area contributed by atoms with Crippen LogP contribution >= 0.6 is 0 Å². The van der Waals surface area contributed by atoms with E-state index in [1.807, 2.05) is 46.8 Å². The lowest BCUT2D eigenvalue weighted by Crippen LogP contribution is -2.44. The van der Waals surface area contributed by atoms with E-state index >= 15 is 0 Å². The highest BCUT2D eigenvalue weighted by molar-refractivity contribution is 5.92. The van der Waals surface area contributed by atoms with Crippen molar-refractivity contribution in [2.24, 2.45) is 0 Å². The number of ether oxygens (including phenoxy) is 1. The van der Waals surface area contributed by atoms with E-state index in [1.54, 1.807) is 6.07 Å². The molecule has 0 heterocycles. The van der Waals surface area contributed by atoms with Gasteiger partial charge in [0.15, 0.2) is 6.61 Å². The van der Waals surface area contributed by atoms with Gasteiger partial charge in [-0.05, 0) is 45.7 Å². The van der Waals surface area contributed by atoms with Crippen molar-refractivity contribution in [1.82, 2.24) is 5.32 Å². The van der Waals surface area contributed by atoms with Crippen molar-refractivity contribution in [2.75, 3.05) is 6.61 Å². The van der Waals surface area contributed by atoms with Crippen molar-refractivity contribution < 1.29 is 14.3 Å². The second-order valence-corrected chi connectivity index (χ2v) is 5.68. The lowest BCUT2D eigenvalue weighted by molar-refractivity contribution is -0.125. The molecule has 0 unspecified atom stereocenters. The molecule has 110 valence electrons. The number of rotatable bonds is 5. The number of nitrogens with one attached hydrogen (secondary N) is 1. The molecule has 1 aromatic rings. The third kappa shape index (κ3) is 4.68. The zero-order valence-electron chi connectivity index (χ0n) is 12.9. The SMILES string of the molecule is CCC(C)(C)NC(=O)COC(=O)c1cc(C)ccc1C. The van der Waals surface area contributed by atoms with E-state index in [2.05, 4.69) is 5.32 Å². The first kappa shape index (κ1) is 16.2. The minimum absolute atomic E-state index is 0.254. The highest BCUT2D eigenvalue weighted by atomic mass is 16.5. The zero-order valence-corrected chi connectivity index (χ0v) is 12.9. The molecule has 20 heavy (non-hydrogen) atoms. The molecule has 0 fully saturated rings. The minimum Gasteiger partial charge on any atom is -0.452 e. The van der Waals surface area contributed by atoms with Gasteiger partial charge in [-0.3, -0.25) is 4.79 Å². The number of esters is 1. The van der Waals surface area contributed by atoms with Crippen molar-refractivity contribution in [2.45, 2.75) is 46.6 Å². The molecule has 0 saturated carbocycles. The molecule has 0 spiro atoms. The molecule has 0 aliphatic rings. The number of hydrogen-bond acceptors (Lipinski definition) is 3. The Kier molecular flexibility index (Phi) is 5.31. The van der Waals surface area contributed by atoms with Gasteiger partial charge in [-0.15, -0.1) is 0 Å². The van der Waals surface area contributed by atoms with Gasteiger partial charge in [-0.25, -0.2) is 4.79 Å². The van der Waals surface area contributed by atoms with Crippen LogP contribution in [0.2, 0.25) is 0 Å². The molecule has 1 rings (SSSR count). The van der Waals surface area contributed by atoms with E-state index in [9.17, 15) is 9.59 Å². The van der Waals surface area contributed by atoms with Crippen LogP contribution in [0.25, 0.3) is 0 Å². The van der Waals surface area contributed by atoms with Crippen LogP contribution in [0.4, 0.5) is 0 Å². The Balaban J connectivity index is 2.60. The van der Waals surface area contributed by atoms with Crippen molar-refractivity contribution in [3.05, 3.63) is 34.9 Å². The van der Waals surface area contributed by atoms with Gasteiger partial charge < -0.3 is 10.1 Å². The largest absolute Gasteiger partial charge is 0.452 e. The summed E-state index contributed by atoms with van der Waals surface area (Å²) < 4.78 is 5.07. The van der Waals surface area contributed by atoms with Gasteiger partial charge in [0.2, 0.25) is 0 Å². The van der Waals surface area contributed by atoms with Crippen LogP contribution in [0, 0.1) is 13.8 Å². The lowest BCUT2D eigenvalue weighted by Gasteiger charge is -2.24. The third-order valence-corrected chi connectivity index (χ3v) is 3.31. The van der Waals surface area contributed by atoms with Gasteiger partial charge >= 0.3 is 5.97 Å². The molecule has 0 bridgehead atoms. The zero-order chi connectivity index (χ0) is 15.3. The highest BCUT2D eigenvalue weighted by Crippen LogP contribution is 2.12. The second-order valence-electron chi connectivity index (χ2n) is 5.68. The van der Waals surface area contributed by atoms with Gasteiger partial charge in [-0.1, -0.05) is 24.6 Å². The first-order chi connectivity index (χ1) is 9.25. The Morgan fingerprint density at radius 2 is 1.90 bits per heavy atom. The Labute approximate surface area is 120 Å². The van der Waals surface area contributed by atoms with E-state index < -0.39 is 5.97 Å². The monoisotopic (exact) mass is 277 g/mol. The second kappa shape index (κ2) is 6.55. The van der Waals surface area contributed by atoms with Crippen LogP contribution in [0.15, 0.2) is 18.2 Å². The quantitative estimate of drug-likeness (QED) is 0.842. The van der Waals surface area contributed by atoms with Gasteiger partial charge in [0, 0.05) is 5.54 Å². The smallest absolute Gasteiger partial charge is 0.338 e. The third-order valence-electron chi connectivity index (χ3n) is 3.31. The first-order valence-electron chi connectivity index (χ1n) is 6.80. The summed E-state index contributed by atoms with van der Waals surface area (Å²) in [6.07, 6.45) is 0.809. The molecule has 0 aliphatic carbocycles. The molecule has 0 aromatic heterocycles. The van der Waals surface area contributed by atoms with Crippen LogP contribution in [0.3, 0.4) is 0 Å². The van der Waals surface area contributed by atoms with E-state index in [1.165, 1.54) is 0 Å². The normalized spacial score (nSPS) is 11.1. The maximum atomic E-state index is 12.0. The minimum atomic E-state index is -0.462. The summed E-state index contributed by atoms with van der Waals surface area (Å²) in [5.74, 6) is -0.744. The van der Waals surface area contributed by atoms with Crippen LogP contribution in [-0.4, -0.2) is 24.0 Å². The highest BCUT2D eigenvalue weighted by Gasteiger charge is 2.19. The van der Waals surface area contributed by atoms with Crippen molar-refractivity contribution >= 4 is 11.9 Å². The lowest BCUT2D eigenvalue weighted by atomic mass is 10.0. The van der Waals surface area contributed by atoms with Crippen molar-refractivity contribution in [1.29, 1.82) is 0 Å². The molecule has 4 heteroatoms. The van der Waals surface area contributed by atoms with Gasteiger partial charge in [0.1, 0.15) is 0 Å². The van der Waals surface area contributed by atoms with Crippen molar-refractivity contribution in [3.8, 4) is 0 Å². The molecule has 0 aliphatic heterocycles. The molecule has 4 nitrogen and oxygen atoms in total. The predicted molar refractivity (Wildman–Crippen MR) is 78.7 cm³/mol. The summed E-state index contributed by atoms with van der Waals surface area (Å²) >= 11 is 0. The molecule has 1 amide bonds. The number of amides is 1. The fourth-order valence-corrected chi connectivity index (χ4v) is 1.67. The summed E-state index contributed by atoms with van der Waals surface area (Å²) in [5.41, 5.74) is 2.05. The first-order valence-corrected chi connectivity index (χ1v) is 6.80. The van der Waals surface area contributed by atoms with Crippen LogP contribution in [-0.2, 0) is 9.53 Å². The average Bonchev–Trinajstić information content (AvgIpc) is 2.38. The number of hydrogen-bond donors (Lipinski definition) is 1. The fourth-order valence-electron chi connectivity index (χ4n) is 1.67. The Morgan fingerprint density at radius 3 is 2.50 bits per heavy atom. The molecular formula is C16H23NO3. The Morgan fingerprint density at radius 1 is 1.25 bits per heavy atom. The summed E-state index contributed by atoms with van der Waals surface area (Å²) in [6, 6.07) is 5.57. The fraction of sp³-hybridized carbons (Fsp3) is 0.500. The summed E-state index contributed by atoms with van der Waals surface area (Å²) in [6.45, 7) is 9.34. The molecule has 1 N–H and O–H groups in total.